The molecule has 0 unspecified atom stereocenters. The Morgan fingerprint density at radius 1 is 1.24 bits per heavy atom. The molecule has 1 saturated carbocycles. The summed E-state index contributed by atoms with van der Waals surface area (Å²) in [6.07, 6.45) is 7.49. The van der Waals surface area contributed by atoms with Gasteiger partial charge in [0.1, 0.15) is 0 Å². The quantitative estimate of drug-likeness (QED) is 0.869. The number of hydrogen-bond acceptors (Lipinski definition) is 1. The summed E-state index contributed by atoms with van der Waals surface area (Å²) in [7, 11) is 0. The van der Waals surface area contributed by atoms with Gasteiger partial charge in [-0.3, -0.25) is 0 Å². The Balaban J connectivity index is 2.17. The maximum absolute atomic E-state index is 6.30. The summed E-state index contributed by atoms with van der Waals surface area (Å²) < 4.78 is 1.04. The number of rotatable bonds is 3. The van der Waals surface area contributed by atoms with Gasteiger partial charge in [-0.25, -0.2) is 0 Å². The van der Waals surface area contributed by atoms with E-state index in [0.717, 1.165) is 22.5 Å². The van der Waals surface area contributed by atoms with Gasteiger partial charge in [-0.05, 0) is 48.9 Å². The van der Waals surface area contributed by atoms with Crippen LogP contribution in [0.4, 0.5) is 0 Å². The van der Waals surface area contributed by atoms with Crippen molar-refractivity contribution in [1.82, 2.24) is 0 Å². The van der Waals surface area contributed by atoms with E-state index in [2.05, 4.69) is 28.1 Å². The van der Waals surface area contributed by atoms with Crippen LogP contribution in [-0.2, 0) is 6.42 Å². The van der Waals surface area contributed by atoms with Gasteiger partial charge in [-0.2, -0.15) is 0 Å². The Morgan fingerprint density at radius 2 is 1.94 bits per heavy atom. The van der Waals surface area contributed by atoms with Crippen molar-refractivity contribution in [3.63, 3.8) is 0 Å². The molecule has 2 N–H and O–H groups in total. The summed E-state index contributed by atoms with van der Waals surface area (Å²) in [6.45, 7) is 0.777. The van der Waals surface area contributed by atoms with Crippen LogP contribution in [0.5, 0.6) is 0 Å². The van der Waals surface area contributed by atoms with Gasteiger partial charge in [-0.15, -0.1) is 0 Å². The molecular formula is C14H19BrClN. The summed E-state index contributed by atoms with van der Waals surface area (Å²) >= 11 is 9.74. The molecule has 0 aromatic heterocycles. The highest BCUT2D eigenvalue weighted by molar-refractivity contribution is 9.10. The molecule has 3 heteroatoms. The lowest BCUT2D eigenvalue weighted by Crippen LogP contribution is -2.34. The van der Waals surface area contributed by atoms with Crippen molar-refractivity contribution < 1.29 is 0 Å². The van der Waals surface area contributed by atoms with Crippen molar-refractivity contribution >= 4 is 27.5 Å². The van der Waals surface area contributed by atoms with Crippen LogP contribution in [-0.4, -0.2) is 6.54 Å². The largest absolute Gasteiger partial charge is 0.330 e. The third-order valence-corrected chi connectivity index (χ3v) is 4.77. The first-order valence-corrected chi connectivity index (χ1v) is 7.46. The molecule has 0 aliphatic heterocycles. The molecule has 0 spiro atoms. The second-order valence-corrected chi connectivity index (χ2v) is 6.50. The van der Waals surface area contributed by atoms with Gasteiger partial charge in [0.15, 0.2) is 0 Å². The lowest BCUT2D eigenvalue weighted by Gasteiger charge is -2.36. The predicted molar refractivity (Wildman–Crippen MR) is 77.4 cm³/mol. The zero-order valence-corrected chi connectivity index (χ0v) is 12.4. The van der Waals surface area contributed by atoms with Gasteiger partial charge >= 0.3 is 0 Å². The number of nitrogens with two attached hydrogens (primary N) is 1. The Labute approximate surface area is 117 Å². The van der Waals surface area contributed by atoms with E-state index < -0.39 is 0 Å². The maximum atomic E-state index is 6.30. The third-order valence-electron chi connectivity index (χ3n) is 3.93. The molecule has 1 aliphatic rings. The molecule has 0 atom stereocenters. The zero-order chi connectivity index (χ0) is 12.3. The average molecular weight is 317 g/mol. The first kappa shape index (κ1) is 13.4. The molecule has 0 bridgehead atoms. The smallest absolute Gasteiger partial charge is 0.0449 e. The van der Waals surface area contributed by atoms with Crippen molar-refractivity contribution in [3.05, 3.63) is 33.3 Å². The van der Waals surface area contributed by atoms with Crippen molar-refractivity contribution in [1.29, 1.82) is 0 Å². The van der Waals surface area contributed by atoms with Crippen molar-refractivity contribution in [2.45, 2.75) is 38.5 Å². The molecule has 17 heavy (non-hydrogen) atoms. The molecule has 2 rings (SSSR count). The second-order valence-electron chi connectivity index (χ2n) is 5.18. The molecular weight excluding hydrogens is 298 g/mol. The number of benzene rings is 1. The average Bonchev–Trinajstić information content (AvgIpc) is 2.34. The fourth-order valence-electron chi connectivity index (χ4n) is 2.82. The number of hydrogen-bond donors (Lipinski definition) is 1. The molecule has 1 aromatic rings. The highest BCUT2D eigenvalue weighted by Crippen LogP contribution is 2.39. The van der Waals surface area contributed by atoms with Crippen LogP contribution in [0, 0.1) is 5.41 Å². The van der Waals surface area contributed by atoms with Gasteiger partial charge in [-0.1, -0.05) is 52.9 Å². The highest BCUT2D eigenvalue weighted by Gasteiger charge is 2.31. The summed E-state index contributed by atoms with van der Waals surface area (Å²) in [5.74, 6) is 0. The topological polar surface area (TPSA) is 26.0 Å². The van der Waals surface area contributed by atoms with Gasteiger partial charge in [0, 0.05) is 9.50 Å². The van der Waals surface area contributed by atoms with Crippen LogP contribution in [0.3, 0.4) is 0 Å². The summed E-state index contributed by atoms with van der Waals surface area (Å²) in [4.78, 5) is 0. The van der Waals surface area contributed by atoms with Gasteiger partial charge in [0.2, 0.25) is 0 Å². The molecule has 1 nitrogen and oxygen atoms in total. The minimum Gasteiger partial charge on any atom is -0.330 e. The Morgan fingerprint density at radius 3 is 2.53 bits per heavy atom. The van der Waals surface area contributed by atoms with Crippen LogP contribution in [0.2, 0.25) is 5.02 Å². The minimum atomic E-state index is 0.287. The summed E-state index contributed by atoms with van der Waals surface area (Å²) in [6, 6.07) is 6.16. The van der Waals surface area contributed by atoms with Crippen molar-refractivity contribution in [2.75, 3.05) is 6.54 Å². The number of halogens is 2. The standard InChI is InChI=1S/C14H19BrClN/c15-12-5-4-11(13(16)8-12)9-14(10-17)6-2-1-3-7-14/h4-5,8H,1-3,6-7,9-10,17H2. The third kappa shape index (κ3) is 3.24. The Hall–Kier alpha value is -0.0500. The predicted octanol–water partition coefficient (Wildman–Crippen LogP) is 4.55. The molecule has 1 aliphatic carbocycles. The van der Waals surface area contributed by atoms with E-state index in [1.165, 1.54) is 37.7 Å². The van der Waals surface area contributed by atoms with E-state index in [0.29, 0.717) is 0 Å². The first-order chi connectivity index (χ1) is 8.15. The lowest BCUT2D eigenvalue weighted by molar-refractivity contribution is 0.197. The van der Waals surface area contributed by atoms with E-state index in [4.69, 9.17) is 17.3 Å². The zero-order valence-electron chi connectivity index (χ0n) is 10.0. The van der Waals surface area contributed by atoms with Gasteiger partial charge in [0.05, 0.1) is 0 Å². The van der Waals surface area contributed by atoms with E-state index in [1.807, 2.05) is 6.07 Å². The summed E-state index contributed by atoms with van der Waals surface area (Å²) in [5.41, 5.74) is 7.54. The van der Waals surface area contributed by atoms with E-state index in [-0.39, 0.29) is 5.41 Å². The molecule has 1 fully saturated rings. The first-order valence-electron chi connectivity index (χ1n) is 6.29. The molecule has 1 aromatic carbocycles. The monoisotopic (exact) mass is 315 g/mol. The normalized spacial score (nSPS) is 19.2. The van der Waals surface area contributed by atoms with Crippen molar-refractivity contribution in [2.24, 2.45) is 11.1 Å². The van der Waals surface area contributed by atoms with Crippen LogP contribution in [0.1, 0.15) is 37.7 Å². The molecule has 0 saturated heterocycles. The molecule has 0 heterocycles. The minimum absolute atomic E-state index is 0.287. The van der Waals surface area contributed by atoms with Gasteiger partial charge in [0.25, 0.3) is 0 Å². The summed E-state index contributed by atoms with van der Waals surface area (Å²) in [5, 5.41) is 0.859. The fraction of sp³-hybridized carbons (Fsp3) is 0.571. The van der Waals surface area contributed by atoms with Crippen LogP contribution in [0.25, 0.3) is 0 Å². The van der Waals surface area contributed by atoms with E-state index in [9.17, 15) is 0 Å². The highest BCUT2D eigenvalue weighted by atomic mass is 79.9. The van der Waals surface area contributed by atoms with E-state index in [1.54, 1.807) is 0 Å². The second kappa shape index (κ2) is 5.73. The fourth-order valence-corrected chi connectivity index (χ4v) is 3.56. The van der Waals surface area contributed by atoms with Crippen LogP contribution >= 0.6 is 27.5 Å². The lowest BCUT2D eigenvalue weighted by atomic mass is 9.70. The molecule has 94 valence electrons. The Kier molecular flexibility index (Phi) is 4.51. The SMILES string of the molecule is NCC1(Cc2ccc(Br)cc2Cl)CCCCC1. The Bertz CT molecular complexity index is 386. The van der Waals surface area contributed by atoms with Crippen LogP contribution < -0.4 is 5.73 Å². The maximum Gasteiger partial charge on any atom is 0.0449 e. The molecule has 0 radical (unpaired) electrons. The van der Waals surface area contributed by atoms with E-state index >= 15 is 0 Å². The molecule has 0 amide bonds. The van der Waals surface area contributed by atoms with Crippen LogP contribution in [0.15, 0.2) is 22.7 Å². The van der Waals surface area contributed by atoms with Crippen molar-refractivity contribution in [3.8, 4) is 0 Å². The van der Waals surface area contributed by atoms with Gasteiger partial charge < -0.3 is 5.73 Å².